The maximum absolute atomic E-state index is 13.0. The minimum absolute atomic E-state index is 0.0909. The average molecular weight is 1180 g/mol. The minimum atomic E-state index is -1.06. The molecule has 0 aliphatic carbocycles. The average Bonchev–Trinajstić information content (AvgIpc) is 3.45. The number of allylic oxidation sites excluding steroid dienone is 2. The number of Topliss-reactive ketones (excluding diaryl/α,β-unsaturated/α-hetero) is 1. The highest BCUT2D eigenvalue weighted by molar-refractivity contribution is 5.78. The first-order valence-electron chi connectivity index (χ1n) is 31.8. The molecular weight excluding hydrogens is 1070 g/mol. The number of nitrogens with two attached hydrogens (primary N) is 1. The molecule has 480 valence electrons. The lowest BCUT2D eigenvalue weighted by Gasteiger charge is -2.19. The van der Waals surface area contributed by atoms with E-state index >= 15 is 0 Å². The fourth-order valence-electron chi connectivity index (χ4n) is 8.41. The molecule has 0 rings (SSSR count). The van der Waals surface area contributed by atoms with Crippen LogP contribution in [0.25, 0.3) is 0 Å². The van der Waals surface area contributed by atoms with E-state index in [0.29, 0.717) is 89.4 Å². The van der Waals surface area contributed by atoms with Crippen LogP contribution < -0.4 is 11.2 Å². The van der Waals surface area contributed by atoms with Gasteiger partial charge < -0.3 is 42.7 Å². The summed E-state index contributed by atoms with van der Waals surface area (Å²) >= 11 is 0. The molecule has 20 nitrogen and oxygen atoms in total. The van der Waals surface area contributed by atoms with Crippen molar-refractivity contribution in [2.45, 2.75) is 290 Å². The molecule has 3 N–H and O–H groups in total. The summed E-state index contributed by atoms with van der Waals surface area (Å²) in [7, 11) is 1.35. The zero-order chi connectivity index (χ0) is 61.2. The smallest absolute Gasteiger partial charge is 0.324 e. The van der Waals surface area contributed by atoms with Gasteiger partial charge in [0.05, 0.1) is 26.7 Å². The molecule has 20 heteroatoms. The number of ketones is 1. The van der Waals surface area contributed by atoms with E-state index in [2.05, 4.69) is 36.2 Å². The number of rotatable bonds is 59. The number of esters is 7. The van der Waals surface area contributed by atoms with Crippen LogP contribution in [0.2, 0.25) is 0 Å². The molecule has 3 unspecified atom stereocenters. The SMILES string of the molecule is CCC/C=C/CCCCC(=O)CCCCCCCC(=O)OCC(COC(=O)CCOCC(COC(=O)CCCCCCCC(=O)OC)OC(=O)CCCCCCCC(=O)OC(N)CCC)OC(=O)CCCCCCCC(=O)ONCCCC. The molecule has 0 bridgehead atoms. The van der Waals surface area contributed by atoms with Gasteiger partial charge >= 0.3 is 47.8 Å². The Kier molecular flexibility index (Phi) is 54.1. The third-order valence-electron chi connectivity index (χ3n) is 13.4. The number of hydroxylamine groups is 1. The predicted octanol–water partition coefficient (Wildman–Crippen LogP) is 11.9. The standard InChI is InChI=1S/C63H110N2O18/c1-5-8-10-11-12-17-26-36-52(66)37-27-18-13-20-29-40-58(69)78-50-54(81-61(72)42-32-23-16-25-34-44-63(74)83-65-46-9-6-2)51-79-59(70)45-47-76-48-53(49-77-57(68)39-30-21-14-19-28-38-56(67)75-4)80-60(71)41-31-22-15-24-33-43-62(73)82-55(64)35-7-3/h10-11,53-55,65H,5-9,12-51,64H2,1-4H3/b11-10+. The van der Waals surface area contributed by atoms with Crippen molar-refractivity contribution in [3.05, 3.63) is 12.2 Å². The summed E-state index contributed by atoms with van der Waals surface area (Å²) in [5.41, 5.74) is 8.46. The molecule has 0 fully saturated rings. The van der Waals surface area contributed by atoms with Crippen molar-refractivity contribution in [3.63, 3.8) is 0 Å². The lowest BCUT2D eigenvalue weighted by atomic mass is 10.0. The van der Waals surface area contributed by atoms with Crippen LogP contribution in [0.1, 0.15) is 271 Å². The van der Waals surface area contributed by atoms with Crippen molar-refractivity contribution in [2.75, 3.05) is 46.7 Å². The van der Waals surface area contributed by atoms with Gasteiger partial charge in [-0.25, -0.2) is 0 Å². The lowest BCUT2D eigenvalue weighted by Crippen LogP contribution is -2.31. The summed E-state index contributed by atoms with van der Waals surface area (Å²) < 4.78 is 43.2. The number of hydrogen-bond donors (Lipinski definition) is 2. The molecule has 0 aliphatic heterocycles. The van der Waals surface area contributed by atoms with Crippen molar-refractivity contribution in [3.8, 4) is 0 Å². The highest BCUT2D eigenvalue weighted by Crippen LogP contribution is 2.15. The van der Waals surface area contributed by atoms with E-state index in [4.69, 9.17) is 43.7 Å². The normalized spacial score (nSPS) is 12.3. The first-order chi connectivity index (χ1) is 40.2. The zero-order valence-corrected chi connectivity index (χ0v) is 51.6. The number of ether oxygens (including phenoxy) is 8. The maximum Gasteiger partial charge on any atom is 0.324 e. The predicted molar refractivity (Wildman–Crippen MR) is 315 cm³/mol. The first kappa shape index (κ1) is 78.0. The van der Waals surface area contributed by atoms with Gasteiger partial charge in [-0.15, -0.1) is 0 Å². The Balaban J connectivity index is 5.21. The summed E-state index contributed by atoms with van der Waals surface area (Å²) in [5.74, 6) is -3.25. The van der Waals surface area contributed by atoms with Crippen LogP contribution in [0.15, 0.2) is 12.2 Å². The van der Waals surface area contributed by atoms with Gasteiger partial charge in [0.1, 0.15) is 25.6 Å². The second-order valence-corrected chi connectivity index (χ2v) is 21.3. The largest absolute Gasteiger partial charge is 0.469 e. The van der Waals surface area contributed by atoms with E-state index in [1.807, 2.05) is 6.92 Å². The number of methoxy groups -OCH3 is 1. The molecule has 0 aromatic rings. The minimum Gasteiger partial charge on any atom is -0.469 e. The molecule has 0 saturated heterocycles. The van der Waals surface area contributed by atoms with Crippen LogP contribution in [0.4, 0.5) is 0 Å². The molecule has 0 aliphatic rings. The Labute approximate surface area is 497 Å². The summed E-state index contributed by atoms with van der Waals surface area (Å²) in [4.78, 5) is 117. The number of hydrogen-bond acceptors (Lipinski definition) is 20. The zero-order valence-electron chi connectivity index (χ0n) is 51.6. The van der Waals surface area contributed by atoms with Gasteiger partial charge in [-0.1, -0.05) is 129 Å². The van der Waals surface area contributed by atoms with E-state index in [-0.39, 0.29) is 89.5 Å². The fraction of sp³-hybridized carbons (Fsp3) is 0.825. The van der Waals surface area contributed by atoms with Gasteiger partial charge in [-0.2, -0.15) is 5.48 Å². The quantitative estimate of drug-likeness (QED) is 0.0143. The topological polar surface area (TPSA) is 275 Å². The van der Waals surface area contributed by atoms with Gasteiger partial charge in [0.15, 0.2) is 18.4 Å². The highest BCUT2D eigenvalue weighted by atomic mass is 16.7. The third kappa shape index (κ3) is 54.7. The van der Waals surface area contributed by atoms with Crippen LogP contribution in [0.5, 0.6) is 0 Å². The second-order valence-electron chi connectivity index (χ2n) is 21.3. The van der Waals surface area contributed by atoms with Gasteiger partial charge in [0.2, 0.25) is 0 Å². The van der Waals surface area contributed by atoms with Crippen molar-refractivity contribution < 1.29 is 85.9 Å². The molecule has 0 spiro atoms. The van der Waals surface area contributed by atoms with Crippen molar-refractivity contribution in [1.29, 1.82) is 0 Å². The van der Waals surface area contributed by atoms with Crippen LogP contribution in [-0.4, -0.2) is 119 Å². The lowest BCUT2D eigenvalue weighted by molar-refractivity contribution is -0.168. The summed E-state index contributed by atoms with van der Waals surface area (Å²) in [6.45, 7) is 5.51. The monoisotopic (exact) mass is 1180 g/mol. The van der Waals surface area contributed by atoms with Gasteiger partial charge in [-0.3, -0.25) is 48.9 Å². The number of unbranched alkanes of at least 4 members (excludes halogenated alkanes) is 20. The molecule has 0 aromatic carbocycles. The summed E-state index contributed by atoms with van der Waals surface area (Å²) in [6.07, 6.45) is 27.4. The molecule has 0 aromatic heterocycles. The molecule has 0 amide bonds. The van der Waals surface area contributed by atoms with E-state index in [9.17, 15) is 43.2 Å². The third-order valence-corrected chi connectivity index (χ3v) is 13.4. The summed E-state index contributed by atoms with van der Waals surface area (Å²) in [5, 5.41) is 0. The molecule has 3 atom stereocenters. The van der Waals surface area contributed by atoms with E-state index in [1.54, 1.807) is 0 Å². The van der Waals surface area contributed by atoms with E-state index < -0.39 is 48.3 Å². The molecule has 0 heterocycles. The van der Waals surface area contributed by atoms with Crippen molar-refractivity contribution >= 4 is 53.5 Å². The fourth-order valence-corrected chi connectivity index (χ4v) is 8.41. The van der Waals surface area contributed by atoms with Crippen molar-refractivity contribution in [2.24, 2.45) is 5.73 Å². The maximum atomic E-state index is 13.0. The second kappa shape index (κ2) is 57.5. The number of nitrogens with one attached hydrogen (secondary N) is 1. The van der Waals surface area contributed by atoms with Crippen molar-refractivity contribution in [1.82, 2.24) is 5.48 Å². The Bertz CT molecular complexity index is 1740. The van der Waals surface area contributed by atoms with Crippen LogP contribution in [-0.2, 0) is 85.9 Å². The number of carbonyl (C=O) groups excluding carboxylic acids is 9. The molecule has 0 radical (unpaired) electrons. The van der Waals surface area contributed by atoms with Crippen LogP contribution in [0, 0.1) is 0 Å². The Morgan fingerprint density at radius 3 is 1.23 bits per heavy atom. The Morgan fingerprint density at radius 1 is 0.386 bits per heavy atom. The molecule has 0 saturated carbocycles. The van der Waals surface area contributed by atoms with Gasteiger partial charge in [-0.05, 0) is 89.9 Å². The van der Waals surface area contributed by atoms with E-state index in [1.165, 1.54) is 7.11 Å². The van der Waals surface area contributed by atoms with Crippen LogP contribution >= 0.6 is 0 Å². The van der Waals surface area contributed by atoms with E-state index in [0.717, 1.165) is 135 Å². The van der Waals surface area contributed by atoms with Crippen LogP contribution in [0.3, 0.4) is 0 Å². The molecule has 83 heavy (non-hydrogen) atoms. The first-order valence-corrected chi connectivity index (χ1v) is 31.8. The number of carbonyl (C=O) groups is 9. The molecular formula is C63H110N2O18. The van der Waals surface area contributed by atoms with Gasteiger partial charge in [0, 0.05) is 64.3 Å². The Hall–Kier alpha value is -4.95. The highest BCUT2D eigenvalue weighted by Gasteiger charge is 2.22. The summed E-state index contributed by atoms with van der Waals surface area (Å²) in [6, 6.07) is 0. The van der Waals surface area contributed by atoms with Gasteiger partial charge in [0.25, 0.3) is 0 Å². The Morgan fingerprint density at radius 2 is 0.771 bits per heavy atom.